The van der Waals surface area contributed by atoms with Gasteiger partial charge in [0.25, 0.3) is 0 Å². The van der Waals surface area contributed by atoms with Gasteiger partial charge in [-0.05, 0) is 22.0 Å². The van der Waals surface area contributed by atoms with Gasteiger partial charge in [0.05, 0.1) is 0 Å². The van der Waals surface area contributed by atoms with Gasteiger partial charge in [-0.1, -0.05) is 0 Å². The van der Waals surface area contributed by atoms with Crippen molar-refractivity contribution in [2.45, 2.75) is 0 Å². The van der Waals surface area contributed by atoms with Gasteiger partial charge in [0.15, 0.2) is 0 Å². The number of nitro groups is 1. The normalized spacial score (nSPS) is 10.3. The Bertz CT molecular complexity index is 518. The molecule has 0 aliphatic heterocycles. The summed E-state index contributed by atoms with van der Waals surface area (Å²) in [5.74, 6) is -0.242. The Hall–Kier alpha value is -2.24. The molecule has 0 spiro atoms. The first-order valence-electron chi connectivity index (χ1n) is 3.78. The largest absolute Gasteiger partial charge is 0.389 e. The lowest BCUT2D eigenvalue weighted by Crippen LogP contribution is -1.90. The molecule has 2 aromatic rings. The molecular weight excluding hydrogens is 186 g/mol. The highest BCUT2D eigenvalue weighted by Gasteiger charge is 2.15. The van der Waals surface area contributed by atoms with Crippen molar-refractivity contribution in [2.24, 2.45) is 0 Å². The maximum Gasteiger partial charge on any atom is 0.389 e. The van der Waals surface area contributed by atoms with Crippen LogP contribution in [0.1, 0.15) is 10.4 Å². The van der Waals surface area contributed by atoms with Crippen LogP contribution in [0.2, 0.25) is 0 Å². The molecule has 0 amide bonds. The van der Waals surface area contributed by atoms with Gasteiger partial charge in [0.2, 0.25) is 6.33 Å². The summed E-state index contributed by atoms with van der Waals surface area (Å²) in [6, 6.07) is 2.99. The zero-order chi connectivity index (χ0) is 10.1. The molecule has 0 aromatic carbocycles. The fourth-order valence-electron chi connectivity index (χ4n) is 1.20. The van der Waals surface area contributed by atoms with E-state index in [1.54, 1.807) is 12.3 Å². The number of hydrogen-bond acceptors (Lipinski definition) is 4. The van der Waals surface area contributed by atoms with Crippen LogP contribution >= 0.6 is 0 Å². The van der Waals surface area contributed by atoms with E-state index < -0.39 is 4.92 Å². The number of pyridine rings is 1. The minimum absolute atomic E-state index is 0.242. The van der Waals surface area contributed by atoms with Gasteiger partial charge >= 0.3 is 5.82 Å². The molecule has 0 fully saturated rings. The number of nitrogens with zero attached hydrogens (tertiary/aromatic N) is 3. The van der Waals surface area contributed by atoms with Gasteiger partial charge in [-0.3, -0.25) is 9.20 Å². The van der Waals surface area contributed by atoms with Crippen molar-refractivity contribution >= 4 is 17.6 Å². The Balaban J connectivity index is 2.75. The van der Waals surface area contributed by atoms with E-state index in [4.69, 9.17) is 0 Å². The van der Waals surface area contributed by atoms with Crippen LogP contribution in [0.5, 0.6) is 0 Å². The average Bonchev–Trinajstić information content (AvgIpc) is 2.59. The third-order valence-corrected chi connectivity index (χ3v) is 1.85. The Labute approximate surface area is 77.9 Å². The molecular formula is C8H5N3O3. The number of carbonyl (C=O) groups excluding carboxylic acids is 1. The van der Waals surface area contributed by atoms with E-state index in [2.05, 4.69) is 4.98 Å². The van der Waals surface area contributed by atoms with E-state index >= 15 is 0 Å². The third kappa shape index (κ3) is 1.13. The lowest BCUT2D eigenvalue weighted by molar-refractivity contribution is -0.387. The number of aromatic nitrogens is 2. The van der Waals surface area contributed by atoms with Gasteiger partial charge in [0.1, 0.15) is 11.8 Å². The fourth-order valence-corrected chi connectivity index (χ4v) is 1.20. The molecule has 0 saturated heterocycles. The van der Waals surface area contributed by atoms with Crippen molar-refractivity contribution in [3.05, 3.63) is 40.3 Å². The van der Waals surface area contributed by atoms with Crippen molar-refractivity contribution in [1.29, 1.82) is 0 Å². The van der Waals surface area contributed by atoms with Gasteiger partial charge in [-0.15, -0.1) is 0 Å². The molecule has 70 valence electrons. The lowest BCUT2D eigenvalue weighted by atomic mass is 10.2. The second kappa shape index (κ2) is 2.91. The number of imidazole rings is 1. The Morgan fingerprint density at radius 3 is 3.00 bits per heavy atom. The zero-order valence-electron chi connectivity index (χ0n) is 6.95. The van der Waals surface area contributed by atoms with Gasteiger partial charge < -0.3 is 10.1 Å². The summed E-state index contributed by atoms with van der Waals surface area (Å²) < 4.78 is 1.49. The molecule has 0 N–H and O–H groups in total. The first-order valence-corrected chi connectivity index (χ1v) is 3.78. The summed E-state index contributed by atoms with van der Waals surface area (Å²) >= 11 is 0. The summed E-state index contributed by atoms with van der Waals surface area (Å²) in [7, 11) is 0. The standard InChI is InChI=1S/C8H5N3O3/c12-4-6-1-2-10-5-9-8(11(13)14)7(10)3-6/h1-5H. The smallest absolute Gasteiger partial charge is 0.358 e. The van der Waals surface area contributed by atoms with Crippen molar-refractivity contribution in [2.75, 3.05) is 0 Å². The predicted molar refractivity (Wildman–Crippen MR) is 47.2 cm³/mol. The number of hydrogen-bond donors (Lipinski definition) is 0. The zero-order valence-corrected chi connectivity index (χ0v) is 6.95. The predicted octanol–water partition coefficient (Wildman–Crippen LogP) is 1.05. The molecule has 2 aromatic heterocycles. The monoisotopic (exact) mass is 191 g/mol. The molecule has 0 atom stereocenters. The number of fused-ring (bicyclic) bond motifs is 1. The summed E-state index contributed by atoms with van der Waals surface area (Å²) in [4.78, 5) is 24.0. The van der Waals surface area contributed by atoms with E-state index in [0.717, 1.165) is 0 Å². The molecule has 0 bridgehead atoms. The van der Waals surface area contributed by atoms with E-state index in [9.17, 15) is 14.9 Å². The van der Waals surface area contributed by atoms with Crippen LogP contribution in [0.4, 0.5) is 5.82 Å². The topological polar surface area (TPSA) is 77.5 Å². The molecule has 2 heterocycles. The van der Waals surface area contributed by atoms with Gasteiger partial charge in [-0.25, -0.2) is 0 Å². The highest BCUT2D eigenvalue weighted by Crippen LogP contribution is 2.17. The molecule has 14 heavy (non-hydrogen) atoms. The maximum atomic E-state index is 10.5. The lowest BCUT2D eigenvalue weighted by Gasteiger charge is -1.93. The Morgan fingerprint density at radius 2 is 2.36 bits per heavy atom. The molecule has 0 aliphatic carbocycles. The van der Waals surface area contributed by atoms with E-state index in [-0.39, 0.29) is 5.82 Å². The summed E-state index contributed by atoms with van der Waals surface area (Å²) in [6.45, 7) is 0. The molecule has 0 radical (unpaired) electrons. The van der Waals surface area contributed by atoms with Crippen molar-refractivity contribution in [1.82, 2.24) is 9.38 Å². The van der Waals surface area contributed by atoms with E-state index in [1.807, 2.05) is 0 Å². The summed E-state index contributed by atoms with van der Waals surface area (Å²) in [5.41, 5.74) is 0.709. The SMILES string of the molecule is O=Cc1ccn2cnc([N+](=O)[O-])c2c1. The van der Waals surface area contributed by atoms with E-state index in [0.29, 0.717) is 17.4 Å². The number of carbonyl (C=O) groups is 1. The van der Waals surface area contributed by atoms with Crippen molar-refractivity contribution in [3.63, 3.8) is 0 Å². The first-order chi connectivity index (χ1) is 6.72. The van der Waals surface area contributed by atoms with Crippen LogP contribution in [0, 0.1) is 10.1 Å². The first kappa shape index (κ1) is 8.36. The second-order valence-corrected chi connectivity index (χ2v) is 2.70. The van der Waals surface area contributed by atoms with Crippen LogP contribution in [-0.4, -0.2) is 20.6 Å². The molecule has 0 aliphatic rings. The summed E-state index contributed by atoms with van der Waals surface area (Å²) in [6.07, 6.45) is 3.53. The van der Waals surface area contributed by atoms with Crippen molar-refractivity contribution < 1.29 is 9.72 Å². The van der Waals surface area contributed by atoms with Crippen LogP contribution in [0.25, 0.3) is 5.52 Å². The minimum Gasteiger partial charge on any atom is -0.358 e. The Morgan fingerprint density at radius 1 is 1.57 bits per heavy atom. The average molecular weight is 191 g/mol. The highest BCUT2D eigenvalue weighted by molar-refractivity contribution is 5.79. The molecule has 0 saturated carbocycles. The van der Waals surface area contributed by atoms with Crippen LogP contribution in [-0.2, 0) is 0 Å². The van der Waals surface area contributed by atoms with Crippen LogP contribution < -0.4 is 0 Å². The second-order valence-electron chi connectivity index (χ2n) is 2.70. The van der Waals surface area contributed by atoms with Crippen LogP contribution in [0.15, 0.2) is 24.7 Å². The van der Waals surface area contributed by atoms with Crippen molar-refractivity contribution in [3.8, 4) is 0 Å². The quantitative estimate of drug-likeness (QED) is 0.404. The molecule has 2 rings (SSSR count). The number of aldehydes is 1. The highest BCUT2D eigenvalue weighted by atomic mass is 16.6. The van der Waals surface area contributed by atoms with Crippen LogP contribution in [0.3, 0.4) is 0 Å². The molecule has 6 nitrogen and oxygen atoms in total. The molecule has 6 heteroatoms. The molecule has 0 unspecified atom stereocenters. The maximum absolute atomic E-state index is 10.5. The minimum atomic E-state index is -0.579. The van der Waals surface area contributed by atoms with Gasteiger partial charge in [0, 0.05) is 11.8 Å². The number of rotatable bonds is 2. The summed E-state index contributed by atoms with van der Waals surface area (Å²) in [5, 5.41) is 10.5. The fraction of sp³-hybridized carbons (Fsp3) is 0. The van der Waals surface area contributed by atoms with Gasteiger partial charge in [-0.2, -0.15) is 0 Å². The Kier molecular flexibility index (Phi) is 1.74. The third-order valence-electron chi connectivity index (χ3n) is 1.85. The van der Waals surface area contributed by atoms with E-state index in [1.165, 1.54) is 16.8 Å².